The van der Waals surface area contributed by atoms with Gasteiger partial charge in [0.2, 0.25) is 0 Å². The van der Waals surface area contributed by atoms with Gasteiger partial charge in [-0.25, -0.2) is 0 Å². The number of nitrogens with one attached hydrogen (secondary N) is 1. The van der Waals surface area contributed by atoms with Crippen LogP contribution < -0.4 is 5.32 Å². The van der Waals surface area contributed by atoms with Crippen LogP contribution in [0.25, 0.3) is 5.69 Å². The smallest absolute Gasteiger partial charge is 0.297 e. The van der Waals surface area contributed by atoms with Crippen molar-refractivity contribution in [3.63, 3.8) is 0 Å². The maximum Gasteiger partial charge on any atom is 0.297 e. The van der Waals surface area contributed by atoms with Crippen LogP contribution in [0.3, 0.4) is 0 Å². The van der Waals surface area contributed by atoms with Crippen LogP contribution in [0.2, 0.25) is 5.02 Å². The fraction of sp³-hybridized carbons (Fsp3) is 0. The fourth-order valence-corrected chi connectivity index (χ4v) is 1.90. The fourth-order valence-electron chi connectivity index (χ4n) is 1.72. The Labute approximate surface area is 125 Å². The molecule has 0 aliphatic heterocycles. The topological polar surface area (TPSA) is 72.7 Å². The first-order valence-corrected chi connectivity index (χ1v) is 6.53. The molecule has 104 valence electrons. The summed E-state index contributed by atoms with van der Waals surface area (Å²) in [6.45, 7) is 0. The summed E-state index contributed by atoms with van der Waals surface area (Å²) in [6, 6.07) is 16.1. The Bertz CT molecular complexity index is 772. The van der Waals surface area contributed by atoms with Crippen molar-refractivity contribution in [3.05, 3.63) is 65.4 Å². The summed E-state index contributed by atoms with van der Waals surface area (Å²) in [4.78, 5) is 13.4. The van der Waals surface area contributed by atoms with E-state index in [1.807, 2.05) is 30.3 Å². The highest BCUT2D eigenvalue weighted by molar-refractivity contribution is 6.33. The summed E-state index contributed by atoms with van der Waals surface area (Å²) in [5.41, 5.74) is 1.22. The molecule has 0 saturated carbocycles. The van der Waals surface area contributed by atoms with Gasteiger partial charge in [0, 0.05) is 0 Å². The van der Waals surface area contributed by atoms with Crippen LogP contribution in [-0.2, 0) is 0 Å². The molecular weight excluding hydrogens is 290 g/mol. The zero-order valence-electron chi connectivity index (χ0n) is 10.8. The number of hydrogen-bond donors (Lipinski definition) is 1. The van der Waals surface area contributed by atoms with Gasteiger partial charge in [0.25, 0.3) is 11.7 Å². The van der Waals surface area contributed by atoms with E-state index in [2.05, 4.69) is 20.7 Å². The monoisotopic (exact) mass is 299 g/mol. The van der Waals surface area contributed by atoms with E-state index < -0.39 is 5.91 Å². The lowest BCUT2D eigenvalue weighted by atomic mass is 10.3. The van der Waals surface area contributed by atoms with E-state index in [1.165, 1.54) is 4.80 Å². The number of tetrazole rings is 1. The number of carbonyl (C=O) groups excluding carboxylic acids is 1. The minimum absolute atomic E-state index is 0.0289. The summed E-state index contributed by atoms with van der Waals surface area (Å²) in [5.74, 6) is -0.496. The summed E-state index contributed by atoms with van der Waals surface area (Å²) >= 11 is 5.98. The van der Waals surface area contributed by atoms with Gasteiger partial charge >= 0.3 is 0 Å². The van der Waals surface area contributed by atoms with E-state index in [1.54, 1.807) is 24.3 Å². The van der Waals surface area contributed by atoms with Gasteiger partial charge in [-0.2, -0.15) is 0 Å². The molecule has 7 heteroatoms. The molecule has 1 amide bonds. The van der Waals surface area contributed by atoms with Crippen molar-refractivity contribution < 1.29 is 4.79 Å². The van der Waals surface area contributed by atoms with Gasteiger partial charge in [0.1, 0.15) is 0 Å². The molecule has 21 heavy (non-hydrogen) atoms. The number of carbonyl (C=O) groups is 1. The first-order chi connectivity index (χ1) is 10.2. The number of rotatable bonds is 3. The first kappa shape index (κ1) is 13.3. The van der Waals surface area contributed by atoms with Gasteiger partial charge < -0.3 is 5.32 Å². The Balaban J connectivity index is 1.80. The number of halogens is 1. The summed E-state index contributed by atoms with van der Waals surface area (Å²) in [7, 11) is 0. The summed E-state index contributed by atoms with van der Waals surface area (Å²) in [6.07, 6.45) is 0. The predicted molar refractivity (Wildman–Crippen MR) is 78.6 cm³/mol. The van der Waals surface area contributed by atoms with Crippen LogP contribution in [0.4, 0.5) is 5.69 Å². The SMILES string of the molecule is O=C(Nc1ccccc1Cl)c1nnn(-c2ccccc2)n1. The molecule has 6 nitrogen and oxygen atoms in total. The number of nitrogens with zero attached hydrogens (tertiary/aromatic N) is 4. The highest BCUT2D eigenvalue weighted by Crippen LogP contribution is 2.20. The summed E-state index contributed by atoms with van der Waals surface area (Å²) in [5, 5.41) is 14.7. The van der Waals surface area contributed by atoms with Gasteiger partial charge in [-0.3, -0.25) is 4.79 Å². The van der Waals surface area contributed by atoms with Crippen molar-refractivity contribution in [1.82, 2.24) is 20.2 Å². The molecule has 0 saturated heterocycles. The molecular formula is C14H10ClN5O. The zero-order chi connectivity index (χ0) is 14.7. The van der Waals surface area contributed by atoms with Crippen LogP contribution in [0.1, 0.15) is 10.6 Å². The second-order valence-corrected chi connectivity index (χ2v) is 4.58. The molecule has 0 aliphatic carbocycles. The average Bonchev–Trinajstić information content (AvgIpc) is 3.00. The number of para-hydroxylation sites is 2. The van der Waals surface area contributed by atoms with Gasteiger partial charge in [-0.15, -0.1) is 15.0 Å². The second-order valence-electron chi connectivity index (χ2n) is 4.17. The van der Waals surface area contributed by atoms with Crippen molar-refractivity contribution in [2.75, 3.05) is 5.32 Å². The largest absolute Gasteiger partial charge is 0.318 e. The Morgan fingerprint density at radius 2 is 1.76 bits per heavy atom. The molecule has 1 aromatic heterocycles. The molecule has 0 spiro atoms. The third-order valence-electron chi connectivity index (χ3n) is 2.73. The first-order valence-electron chi connectivity index (χ1n) is 6.15. The molecule has 0 radical (unpaired) electrons. The van der Waals surface area contributed by atoms with Crippen molar-refractivity contribution in [2.45, 2.75) is 0 Å². The van der Waals surface area contributed by atoms with Crippen LogP contribution in [0, 0.1) is 0 Å². The van der Waals surface area contributed by atoms with E-state index in [-0.39, 0.29) is 5.82 Å². The number of hydrogen-bond acceptors (Lipinski definition) is 4. The number of aromatic nitrogens is 4. The van der Waals surface area contributed by atoms with Crippen LogP contribution in [-0.4, -0.2) is 26.1 Å². The van der Waals surface area contributed by atoms with E-state index in [4.69, 9.17) is 11.6 Å². The van der Waals surface area contributed by atoms with E-state index in [0.29, 0.717) is 10.7 Å². The van der Waals surface area contributed by atoms with Crippen molar-refractivity contribution in [2.24, 2.45) is 0 Å². The van der Waals surface area contributed by atoms with Crippen LogP contribution in [0.5, 0.6) is 0 Å². The highest BCUT2D eigenvalue weighted by Gasteiger charge is 2.14. The minimum atomic E-state index is -0.467. The maximum absolute atomic E-state index is 12.1. The van der Waals surface area contributed by atoms with Crippen LogP contribution in [0.15, 0.2) is 54.6 Å². The minimum Gasteiger partial charge on any atom is -0.318 e. The Kier molecular flexibility index (Phi) is 3.61. The molecule has 1 N–H and O–H groups in total. The molecule has 0 aliphatic rings. The predicted octanol–water partition coefficient (Wildman–Crippen LogP) is 2.57. The highest BCUT2D eigenvalue weighted by atomic mass is 35.5. The normalized spacial score (nSPS) is 10.3. The van der Waals surface area contributed by atoms with Crippen molar-refractivity contribution >= 4 is 23.2 Å². The lowest BCUT2D eigenvalue weighted by Gasteiger charge is -2.03. The van der Waals surface area contributed by atoms with Crippen molar-refractivity contribution in [3.8, 4) is 5.69 Å². The molecule has 3 rings (SSSR count). The molecule has 0 atom stereocenters. The number of amides is 1. The van der Waals surface area contributed by atoms with E-state index in [9.17, 15) is 4.79 Å². The van der Waals surface area contributed by atoms with Gasteiger partial charge in [0.05, 0.1) is 16.4 Å². The third kappa shape index (κ3) is 2.90. The zero-order valence-corrected chi connectivity index (χ0v) is 11.5. The van der Waals surface area contributed by atoms with E-state index in [0.717, 1.165) is 5.69 Å². The standard InChI is InChI=1S/C14H10ClN5O/c15-11-8-4-5-9-12(11)16-14(21)13-17-19-20(18-13)10-6-2-1-3-7-10/h1-9H,(H,16,21). The lowest BCUT2D eigenvalue weighted by molar-refractivity contribution is 0.101. The van der Waals surface area contributed by atoms with Gasteiger partial charge in [0.15, 0.2) is 0 Å². The van der Waals surface area contributed by atoms with Crippen molar-refractivity contribution in [1.29, 1.82) is 0 Å². The quantitative estimate of drug-likeness (QED) is 0.806. The van der Waals surface area contributed by atoms with Crippen LogP contribution >= 0.6 is 11.6 Å². The Morgan fingerprint density at radius 3 is 2.52 bits per heavy atom. The average molecular weight is 300 g/mol. The number of anilines is 1. The molecule has 3 aromatic rings. The van der Waals surface area contributed by atoms with Gasteiger partial charge in [-0.05, 0) is 29.5 Å². The second kappa shape index (κ2) is 5.72. The van der Waals surface area contributed by atoms with E-state index >= 15 is 0 Å². The molecule has 1 heterocycles. The Morgan fingerprint density at radius 1 is 1.05 bits per heavy atom. The third-order valence-corrected chi connectivity index (χ3v) is 3.06. The number of benzene rings is 2. The molecule has 0 fully saturated rings. The maximum atomic E-state index is 12.1. The lowest BCUT2D eigenvalue weighted by Crippen LogP contribution is -2.14. The summed E-state index contributed by atoms with van der Waals surface area (Å²) < 4.78 is 0. The molecule has 0 unspecified atom stereocenters. The van der Waals surface area contributed by atoms with Gasteiger partial charge in [-0.1, -0.05) is 41.9 Å². The molecule has 0 bridgehead atoms. The molecule has 2 aromatic carbocycles. The Hall–Kier alpha value is -2.73.